The van der Waals surface area contributed by atoms with E-state index in [2.05, 4.69) is 41.7 Å². The SMILES string of the molecule is CC(C)C(Nc1nc2ccc(N)cc2s1)c1cccs1. The van der Waals surface area contributed by atoms with Crippen LogP contribution in [0.3, 0.4) is 0 Å². The van der Waals surface area contributed by atoms with E-state index < -0.39 is 0 Å². The molecule has 0 saturated carbocycles. The van der Waals surface area contributed by atoms with E-state index in [1.165, 1.54) is 4.88 Å². The van der Waals surface area contributed by atoms with Crippen LogP contribution in [0.4, 0.5) is 10.8 Å². The number of hydrogen-bond acceptors (Lipinski definition) is 5. The molecule has 1 aromatic carbocycles. The van der Waals surface area contributed by atoms with Gasteiger partial charge in [-0.15, -0.1) is 11.3 Å². The molecule has 0 aliphatic rings. The largest absolute Gasteiger partial charge is 0.399 e. The minimum atomic E-state index is 0.299. The summed E-state index contributed by atoms with van der Waals surface area (Å²) in [5.74, 6) is 0.505. The molecule has 3 rings (SSSR count). The van der Waals surface area contributed by atoms with E-state index in [0.717, 1.165) is 21.0 Å². The zero-order valence-electron chi connectivity index (χ0n) is 11.5. The summed E-state index contributed by atoms with van der Waals surface area (Å²) in [6.07, 6.45) is 0. The normalized spacial score (nSPS) is 12.9. The van der Waals surface area contributed by atoms with Gasteiger partial charge in [0.1, 0.15) is 0 Å². The summed E-state index contributed by atoms with van der Waals surface area (Å²) in [6.45, 7) is 4.45. The third-order valence-corrected chi connectivity index (χ3v) is 5.11. The Morgan fingerprint density at radius 2 is 2.10 bits per heavy atom. The molecule has 0 aliphatic heterocycles. The Morgan fingerprint density at radius 3 is 2.80 bits per heavy atom. The molecule has 3 N–H and O–H groups in total. The highest BCUT2D eigenvalue weighted by Gasteiger charge is 2.18. The molecule has 0 radical (unpaired) electrons. The Bertz CT molecular complexity index is 701. The average molecular weight is 303 g/mol. The lowest BCUT2D eigenvalue weighted by Crippen LogP contribution is -2.15. The van der Waals surface area contributed by atoms with Crippen LogP contribution in [0.1, 0.15) is 24.8 Å². The molecule has 2 aromatic heterocycles. The number of aromatic nitrogens is 1. The fraction of sp³-hybridized carbons (Fsp3) is 0.267. The number of benzene rings is 1. The average Bonchev–Trinajstić information content (AvgIpc) is 3.03. The summed E-state index contributed by atoms with van der Waals surface area (Å²) < 4.78 is 1.13. The molecular weight excluding hydrogens is 286 g/mol. The molecular formula is C15H17N3S2. The van der Waals surface area contributed by atoms with Crippen molar-refractivity contribution in [3.8, 4) is 0 Å². The van der Waals surface area contributed by atoms with Crippen molar-refractivity contribution >= 4 is 43.7 Å². The van der Waals surface area contributed by atoms with Gasteiger partial charge in [-0.2, -0.15) is 0 Å². The molecule has 0 bridgehead atoms. The van der Waals surface area contributed by atoms with Crippen LogP contribution >= 0.6 is 22.7 Å². The van der Waals surface area contributed by atoms with E-state index in [4.69, 9.17) is 5.73 Å². The summed E-state index contributed by atoms with van der Waals surface area (Å²) in [5.41, 5.74) is 7.60. The second-order valence-corrected chi connectivity index (χ2v) is 7.14. The Labute approximate surface area is 126 Å². The smallest absolute Gasteiger partial charge is 0.184 e. The van der Waals surface area contributed by atoms with E-state index in [1.54, 1.807) is 22.7 Å². The van der Waals surface area contributed by atoms with E-state index in [9.17, 15) is 0 Å². The van der Waals surface area contributed by atoms with Gasteiger partial charge in [0.05, 0.1) is 16.3 Å². The molecule has 20 heavy (non-hydrogen) atoms. The van der Waals surface area contributed by atoms with Gasteiger partial charge in [0.2, 0.25) is 0 Å². The first-order valence-corrected chi connectivity index (χ1v) is 8.29. The van der Waals surface area contributed by atoms with E-state index in [0.29, 0.717) is 12.0 Å². The molecule has 0 fully saturated rings. The second-order valence-electron chi connectivity index (χ2n) is 5.13. The highest BCUT2D eigenvalue weighted by molar-refractivity contribution is 7.22. The van der Waals surface area contributed by atoms with Crippen molar-refractivity contribution in [1.29, 1.82) is 0 Å². The fourth-order valence-electron chi connectivity index (χ4n) is 2.17. The van der Waals surface area contributed by atoms with Gasteiger partial charge in [-0.05, 0) is 35.6 Å². The minimum absolute atomic E-state index is 0.299. The fourth-order valence-corrected chi connectivity index (χ4v) is 4.07. The quantitative estimate of drug-likeness (QED) is 0.684. The lowest BCUT2D eigenvalue weighted by molar-refractivity contribution is 0.553. The second kappa shape index (κ2) is 5.42. The summed E-state index contributed by atoms with van der Waals surface area (Å²) >= 11 is 3.44. The van der Waals surface area contributed by atoms with Crippen LogP contribution < -0.4 is 11.1 Å². The minimum Gasteiger partial charge on any atom is -0.399 e. The van der Waals surface area contributed by atoms with Gasteiger partial charge in [-0.3, -0.25) is 0 Å². The zero-order chi connectivity index (χ0) is 14.1. The van der Waals surface area contributed by atoms with Gasteiger partial charge < -0.3 is 11.1 Å². The molecule has 3 nitrogen and oxygen atoms in total. The summed E-state index contributed by atoms with van der Waals surface area (Å²) in [6, 6.07) is 10.4. The van der Waals surface area contributed by atoms with Gasteiger partial charge in [0, 0.05) is 10.6 Å². The van der Waals surface area contributed by atoms with Crippen LogP contribution in [-0.4, -0.2) is 4.98 Å². The van der Waals surface area contributed by atoms with Crippen molar-refractivity contribution in [3.63, 3.8) is 0 Å². The first-order valence-electron chi connectivity index (χ1n) is 6.59. The number of thiophene rings is 1. The molecule has 5 heteroatoms. The third-order valence-electron chi connectivity index (χ3n) is 3.21. The van der Waals surface area contributed by atoms with Gasteiger partial charge >= 0.3 is 0 Å². The zero-order valence-corrected chi connectivity index (χ0v) is 13.1. The Hall–Kier alpha value is -1.59. The molecule has 1 atom stereocenters. The number of rotatable bonds is 4. The predicted octanol–water partition coefficient (Wildman–Crippen LogP) is 4.75. The monoisotopic (exact) mass is 303 g/mol. The van der Waals surface area contributed by atoms with Crippen LogP contribution in [0.2, 0.25) is 0 Å². The number of nitrogens with two attached hydrogens (primary N) is 1. The van der Waals surface area contributed by atoms with Crippen LogP contribution in [0.15, 0.2) is 35.7 Å². The van der Waals surface area contributed by atoms with E-state index in [-0.39, 0.29) is 0 Å². The molecule has 0 spiro atoms. The maximum atomic E-state index is 5.82. The lowest BCUT2D eigenvalue weighted by Gasteiger charge is -2.20. The molecule has 104 valence electrons. The van der Waals surface area contributed by atoms with Crippen LogP contribution in [0, 0.1) is 5.92 Å². The number of nitrogens with zero attached hydrogens (tertiary/aromatic N) is 1. The van der Waals surface area contributed by atoms with Gasteiger partial charge in [0.15, 0.2) is 5.13 Å². The number of anilines is 2. The Kier molecular flexibility index (Phi) is 3.63. The maximum absolute atomic E-state index is 5.82. The molecule has 1 unspecified atom stereocenters. The highest BCUT2D eigenvalue weighted by Crippen LogP contribution is 2.33. The number of nitrogen functional groups attached to an aromatic ring is 1. The Balaban J connectivity index is 1.90. The summed E-state index contributed by atoms with van der Waals surface area (Å²) in [5, 5.41) is 6.64. The van der Waals surface area contributed by atoms with Crippen LogP contribution in [-0.2, 0) is 0 Å². The van der Waals surface area contributed by atoms with Crippen LogP contribution in [0.5, 0.6) is 0 Å². The van der Waals surface area contributed by atoms with E-state index >= 15 is 0 Å². The first kappa shape index (κ1) is 13.4. The molecule has 3 aromatic rings. The predicted molar refractivity (Wildman–Crippen MR) is 89.6 cm³/mol. The molecule has 2 heterocycles. The van der Waals surface area contributed by atoms with Crippen molar-refractivity contribution in [2.24, 2.45) is 5.92 Å². The standard InChI is InChI=1S/C15H17N3S2/c1-9(2)14(12-4-3-7-19-12)18-15-17-11-6-5-10(16)8-13(11)20-15/h3-9,14H,16H2,1-2H3,(H,17,18). The van der Waals surface area contributed by atoms with Crippen molar-refractivity contribution < 1.29 is 0 Å². The topological polar surface area (TPSA) is 50.9 Å². The summed E-state index contributed by atoms with van der Waals surface area (Å²) in [4.78, 5) is 5.99. The maximum Gasteiger partial charge on any atom is 0.184 e. The third kappa shape index (κ3) is 2.64. The van der Waals surface area contributed by atoms with E-state index in [1.807, 2.05) is 18.2 Å². The highest BCUT2D eigenvalue weighted by atomic mass is 32.1. The van der Waals surface area contributed by atoms with Gasteiger partial charge in [-0.1, -0.05) is 31.3 Å². The number of fused-ring (bicyclic) bond motifs is 1. The molecule has 0 aliphatic carbocycles. The van der Waals surface area contributed by atoms with Crippen molar-refractivity contribution in [2.45, 2.75) is 19.9 Å². The summed E-state index contributed by atoms with van der Waals surface area (Å²) in [7, 11) is 0. The van der Waals surface area contributed by atoms with Gasteiger partial charge in [-0.25, -0.2) is 4.98 Å². The lowest BCUT2D eigenvalue weighted by atomic mass is 10.0. The molecule has 0 amide bonds. The first-order chi connectivity index (χ1) is 9.63. The number of hydrogen-bond donors (Lipinski definition) is 2. The number of thiazole rings is 1. The molecule has 0 saturated heterocycles. The van der Waals surface area contributed by atoms with Crippen molar-refractivity contribution in [3.05, 3.63) is 40.6 Å². The van der Waals surface area contributed by atoms with Crippen molar-refractivity contribution in [1.82, 2.24) is 4.98 Å². The van der Waals surface area contributed by atoms with Crippen LogP contribution in [0.25, 0.3) is 10.2 Å². The van der Waals surface area contributed by atoms with Crippen molar-refractivity contribution in [2.75, 3.05) is 11.1 Å². The number of nitrogens with one attached hydrogen (secondary N) is 1. The Morgan fingerprint density at radius 1 is 1.25 bits per heavy atom. The van der Waals surface area contributed by atoms with Gasteiger partial charge in [0.25, 0.3) is 0 Å².